The minimum absolute atomic E-state index is 0.181. The first-order valence-corrected chi connectivity index (χ1v) is 8.36. The van der Waals surface area contributed by atoms with E-state index in [0.29, 0.717) is 24.4 Å². The SMILES string of the molecule is Oc1oc(CCc2ccccc2Cl)nc1/C=C1\C=Nc2ccccc21. The molecule has 1 N–H and O–H groups in total. The van der Waals surface area contributed by atoms with Crippen molar-refractivity contribution in [3.8, 4) is 5.95 Å². The predicted octanol–water partition coefficient (Wildman–Crippen LogP) is 5.08. The fourth-order valence-electron chi connectivity index (χ4n) is 2.81. The predicted molar refractivity (Wildman–Crippen MR) is 99.5 cm³/mol. The van der Waals surface area contributed by atoms with Crippen LogP contribution < -0.4 is 0 Å². The van der Waals surface area contributed by atoms with Gasteiger partial charge in [0.2, 0.25) is 0 Å². The summed E-state index contributed by atoms with van der Waals surface area (Å²) in [7, 11) is 0. The van der Waals surface area contributed by atoms with Gasteiger partial charge in [0.1, 0.15) is 5.69 Å². The van der Waals surface area contributed by atoms with Crippen LogP contribution in [0, 0.1) is 0 Å². The molecule has 3 aromatic rings. The van der Waals surface area contributed by atoms with Gasteiger partial charge in [-0.2, -0.15) is 0 Å². The van der Waals surface area contributed by atoms with Gasteiger partial charge in [0.05, 0.1) is 5.69 Å². The molecule has 124 valence electrons. The molecule has 0 fully saturated rings. The summed E-state index contributed by atoms with van der Waals surface area (Å²) < 4.78 is 5.39. The quantitative estimate of drug-likeness (QED) is 0.714. The van der Waals surface area contributed by atoms with E-state index in [-0.39, 0.29) is 5.95 Å². The molecule has 2 aromatic carbocycles. The van der Waals surface area contributed by atoms with Crippen molar-refractivity contribution in [3.63, 3.8) is 0 Å². The van der Waals surface area contributed by atoms with Crippen LogP contribution in [0.5, 0.6) is 5.95 Å². The number of oxazole rings is 1. The average Bonchev–Trinajstić information content (AvgIpc) is 3.19. The number of hydrogen-bond acceptors (Lipinski definition) is 4. The molecule has 4 rings (SSSR count). The van der Waals surface area contributed by atoms with Crippen LogP contribution in [0.25, 0.3) is 11.6 Å². The summed E-state index contributed by atoms with van der Waals surface area (Å²) in [5.74, 6) is 0.298. The Kier molecular flexibility index (Phi) is 4.12. The summed E-state index contributed by atoms with van der Waals surface area (Å²) in [4.78, 5) is 8.74. The number of para-hydroxylation sites is 1. The molecule has 0 saturated carbocycles. The first-order valence-electron chi connectivity index (χ1n) is 7.98. The van der Waals surface area contributed by atoms with Crippen LogP contribution in [0.15, 0.2) is 57.9 Å². The van der Waals surface area contributed by atoms with Crippen LogP contribution in [0.2, 0.25) is 5.02 Å². The molecule has 1 aromatic heterocycles. The normalized spacial score (nSPS) is 14.2. The van der Waals surface area contributed by atoms with Gasteiger partial charge in [0.15, 0.2) is 5.89 Å². The molecule has 1 aliphatic heterocycles. The number of aliphatic imine (C=N–C) groups is 1. The van der Waals surface area contributed by atoms with Gasteiger partial charge in [-0.15, -0.1) is 0 Å². The van der Waals surface area contributed by atoms with Crippen LogP contribution in [0.1, 0.15) is 22.7 Å². The van der Waals surface area contributed by atoms with Gasteiger partial charge >= 0.3 is 5.95 Å². The number of benzene rings is 2. The zero-order valence-corrected chi connectivity index (χ0v) is 14.1. The summed E-state index contributed by atoms with van der Waals surface area (Å²) in [6.07, 6.45) is 4.81. The lowest BCUT2D eigenvalue weighted by Crippen LogP contribution is -1.92. The number of aromatic nitrogens is 1. The monoisotopic (exact) mass is 350 g/mol. The Morgan fingerprint density at radius 2 is 1.84 bits per heavy atom. The van der Waals surface area contributed by atoms with E-state index >= 15 is 0 Å². The van der Waals surface area contributed by atoms with E-state index in [1.165, 1.54) is 0 Å². The molecule has 25 heavy (non-hydrogen) atoms. The van der Waals surface area contributed by atoms with Gasteiger partial charge in [-0.25, -0.2) is 4.98 Å². The van der Waals surface area contributed by atoms with E-state index < -0.39 is 0 Å². The van der Waals surface area contributed by atoms with E-state index in [9.17, 15) is 5.11 Å². The van der Waals surface area contributed by atoms with Crippen LogP contribution >= 0.6 is 11.6 Å². The van der Waals surface area contributed by atoms with E-state index in [0.717, 1.165) is 27.4 Å². The van der Waals surface area contributed by atoms with Crippen molar-refractivity contribution in [2.24, 2.45) is 4.99 Å². The van der Waals surface area contributed by atoms with E-state index in [1.807, 2.05) is 48.5 Å². The molecule has 4 nitrogen and oxygen atoms in total. The number of aryl methyl sites for hydroxylation is 2. The molecule has 0 saturated heterocycles. The van der Waals surface area contributed by atoms with Crippen LogP contribution in [-0.2, 0) is 12.8 Å². The van der Waals surface area contributed by atoms with Gasteiger partial charge in [-0.3, -0.25) is 4.99 Å². The third kappa shape index (κ3) is 3.21. The molecule has 5 heteroatoms. The lowest BCUT2D eigenvalue weighted by atomic mass is 10.1. The highest BCUT2D eigenvalue weighted by Gasteiger charge is 2.15. The Morgan fingerprint density at radius 1 is 1.04 bits per heavy atom. The first kappa shape index (κ1) is 15.7. The number of allylic oxidation sites excluding steroid dienone is 1. The summed E-state index contributed by atoms with van der Waals surface area (Å²) in [6, 6.07) is 15.5. The molecule has 0 radical (unpaired) electrons. The van der Waals surface area contributed by atoms with Crippen LogP contribution in [0.4, 0.5) is 5.69 Å². The van der Waals surface area contributed by atoms with Crippen molar-refractivity contribution in [3.05, 3.63) is 76.3 Å². The van der Waals surface area contributed by atoms with E-state index in [1.54, 1.807) is 12.3 Å². The molecular formula is C20H15ClN2O2. The van der Waals surface area contributed by atoms with Crippen molar-refractivity contribution in [2.75, 3.05) is 0 Å². The third-order valence-electron chi connectivity index (χ3n) is 4.09. The van der Waals surface area contributed by atoms with E-state index in [2.05, 4.69) is 9.98 Å². The van der Waals surface area contributed by atoms with Crippen LogP contribution in [0.3, 0.4) is 0 Å². The molecule has 2 heterocycles. The maximum Gasteiger partial charge on any atom is 0.310 e. The highest BCUT2D eigenvalue weighted by atomic mass is 35.5. The van der Waals surface area contributed by atoms with Crippen molar-refractivity contribution in [1.29, 1.82) is 0 Å². The maximum atomic E-state index is 10.0. The fourth-order valence-corrected chi connectivity index (χ4v) is 3.04. The minimum Gasteiger partial charge on any atom is -0.479 e. The smallest absolute Gasteiger partial charge is 0.310 e. The molecular weight excluding hydrogens is 336 g/mol. The second kappa shape index (κ2) is 6.57. The Hall–Kier alpha value is -2.85. The Morgan fingerprint density at radius 3 is 2.72 bits per heavy atom. The van der Waals surface area contributed by atoms with Gasteiger partial charge in [-0.05, 0) is 30.2 Å². The Labute approximate surface area is 150 Å². The average molecular weight is 351 g/mol. The summed E-state index contributed by atoms with van der Waals surface area (Å²) >= 11 is 6.16. The number of nitrogens with zero attached hydrogens (tertiary/aromatic N) is 2. The number of rotatable bonds is 4. The highest BCUT2D eigenvalue weighted by molar-refractivity contribution is 6.31. The topological polar surface area (TPSA) is 58.6 Å². The number of halogens is 1. The van der Waals surface area contributed by atoms with Gasteiger partial charge in [0.25, 0.3) is 0 Å². The molecule has 0 atom stereocenters. The van der Waals surface area contributed by atoms with Gasteiger partial charge in [0, 0.05) is 28.8 Å². The number of fused-ring (bicyclic) bond motifs is 1. The molecule has 0 bridgehead atoms. The zero-order chi connectivity index (χ0) is 17.2. The molecule has 0 aliphatic carbocycles. The summed E-state index contributed by atoms with van der Waals surface area (Å²) in [5, 5.41) is 10.8. The fraction of sp³-hybridized carbons (Fsp3) is 0.100. The summed E-state index contributed by atoms with van der Waals surface area (Å²) in [6.45, 7) is 0. The number of hydrogen-bond donors (Lipinski definition) is 1. The number of aromatic hydroxyl groups is 1. The van der Waals surface area contributed by atoms with Crippen molar-refractivity contribution >= 4 is 35.2 Å². The minimum atomic E-state index is -0.181. The van der Waals surface area contributed by atoms with Crippen molar-refractivity contribution in [2.45, 2.75) is 12.8 Å². The molecule has 0 amide bonds. The largest absolute Gasteiger partial charge is 0.479 e. The second-order valence-electron chi connectivity index (χ2n) is 5.76. The first-order chi connectivity index (χ1) is 12.2. The van der Waals surface area contributed by atoms with Gasteiger partial charge < -0.3 is 9.52 Å². The Balaban J connectivity index is 1.55. The zero-order valence-electron chi connectivity index (χ0n) is 13.3. The molecule has 0 unspecified atom stereocenters. The second-order valence-corrected chi connectivity index (χ2v) is 6.17. The lowest BCUT2D eigenvalue weighted by Gasteiger charge is -2.00. The molecule has 1 aliphatic rings. The Bertz CT molecular complexity index is 989. The van der Waals surface area contributed by atoms with Crippen molar-refractivity contribution < 1.29 is 9.52 Å². The third-order valence-corrected chi connectivity index (χ3v) is 4.46. The van der Waals surface area contributed by atoms with Gasteiger partial charge in [-0.1, -0.05) is 48.0 Å². The highest BCUT2D eigenvalue weighted by Crippen LogP contribution is 2.33. The van der Waals surface area contributed by atoms with Crippen LogP contribution in [-0.4, -0.2) is 16.3 Å². The maximum absolute atomic E-state index is 10.0. The lowest BCUT2D eigenvalue weighted by molar-refractivity contribution is 0.316. The molecule has 0 spiro atoms. The summed E-state index contributed by atoms with van der Waals surface area (Å²) in [5.41, 5.74) is 4.26. The van der Waals surface area contributed by atoms with Crippen molar-refractivity contribution in [1.82, 2.24) is 4.98 Å². The van der Waals surface area contributed by atoms with E-state index in [4.69, 9.17) is 16.0 Å². The standard InChI is InChI=1S/C20H15ClN2O2/c21-16-7-3-1-5-13(16)9-10-19-23-18(20(24)25-19)11-14-12-22-17-8-4-2-6-15(14)17/h1-8,11-12,24H,9-10H2/b14-11+.